The van der Waals surface area contributed by atoms with Crippen LogP contribution in [-0.4, -0.2) is 64.7 Å². The lowest BCUT2D eigenvalue weighted by molar-refractivity contribution is 0.00122. The Morgan fingerprint density at radius 2 is 1.94 bits per heavy atom. The van der Waals surface area contributed by atoms with E-state index in [2.05, 4.69) is 51.2 Å². The molecule has 6 rings (SSSR count). The predicted octanol–water partition coefficient (Wildman–Crippen LogP) is 4.36. The number of ether oxygens (including phenoxy) is 1. The second kappa shape index (κ2) is 8.68. The minimum absolute atomic E-state index is 0.531. The van der Waals surface area contributed by atoms with Gasteiger partial charge >= 0.3 is 0 Å². The molecule has 2 N–H and O–H groups in total. The molecule has 2 saturated heterocycles. The van der Waals surface area contributed by atoms with Crippen LogP contribution in [0.3, 0.4) is 0 Å². The smallest absolute Gasteiger partial charge is 0.182 e. The molecule has 8 nitrogen and oxygen atoms in total. The van der Waals surface area contributed by atoms with Gasteiger partial charge in [0.2, 0.25) is 0 Å². The number of hydrogen-bond acceptors (Lipinski definition) is 7. The minimum Gasteiger partial charge on any atom is -0.492 e. The maximum Gasteiger partial charge on any atom is 0.182 e. The average molecular weight is 472 g/mol. The summed E-state index contributed by atoms with van der Waals surface area (Å²) in [5, 5.41) is 4.65. The van der Waals surface area contributed by atoms with Gasteiger partial charge in [-0.05, 0) is 68.5 Å². The van der Waals surface area contributed by atoms with Crippen LogP contribution in [0.5, 0.6) is 5.75 Å². The predicted molar refractivity (Wildman–Crippen MR) is 140 cm³/mol. The second-order valence-electron chi connectivity index (χ2n) is 10.2. The molecule has 0 saturated carbocycles. The zero-order valence-corrected chi connectivity index (χ0v) is 20.8. The van der Waals surface area contributed by atoms with Gasteiger partial charge in [0.25, 0.3) is 0 Å². The lowest BCUT2D eigenvalue weighted by Crippen LogP contribution is -2.58. The largest absolute Gasteiger partial charge is 0.492 e. The number of nitrogens with one attached hydrogen (secondary N) is 2. The second-order valence-corrected chi connectivity index (χ2v) is 10.2. The van der Waals surface area contributed by atoms with E-state index in [-0.39, 0.29) is 0 Å². The van der Waals surface area contributed by atoms with E-state index in [4.69, 9.17) is 14.7 Å². The first kappa shape index (κ1) is 22.1. The summed E-state index contributed by atoms with van der Waals surface area (Å²) in [5.74, 6) is 2.62. The molecule has 0 atom stereocenters. The van der Waals surface area contributed by atoms with Crippen molar-refractivity contribution in [3.8, 4) is 5.75 Å². The van der Waals surface area contributed by atoms with Crippen LogP contribution in [0.1, 0.15) is 30.9 Å². The molecular formula is C27H33N7O. The Labute approximate surface area is 205 Å². The topological polar surface area (TPSA) is 82.2 Å². The summed E-state index contributed by atoms with van der Waals surface area (Å²) in [5.41, 5.74) is 5.46. The Hall–Kier alpha value is -3.39. The summed E-state index contributed by atoms with van der Waals surface area (Å²) >= 11 is 0. The lowest BCUT2D eigenvalue weighted by atomic mass is 9.72. The minimum atomic E-state index is 0.531. The van der Waals surface area contributed by atoms with Crippen LogP contribution in [-0.2, 0) is 6.54 Å². The van der Waals surface area contributed by atoms with Crippen LogP contribution in [0, 0.1) is 12.3 Å². The molecule has 182 valence electrons. The number of piperidine rings is 1. The number of fused-ring (bicyclic) bond motifs is 2. The van der Waals surface area contributed by atoms with Gasteiger partial charge in [0, 0.05) is 44.3 Å². The zero-order chi connectivity index (χ0) is 24.0. The highest BCUT2D eigenvalue weighted by atomic mass is 16.5. The van der Waals surface area contributed by atoms with Gasteiger partial charge in [0.05, 0.1) is 18.3 Å². The lowest BCUT2D eigenvalue weighted by Gasteiger charge is -2.53. The van der Waals surface area contributed by atoms with E-state index in [0.29, 0.717) is 24.2 Å². The van der Waals surface area contributed by atoms with Crippen molar-refractivity contribution in [2.75, 3.05) is 50.1 Å². The van der Waals surface area contributed by atoms with E-state index in [1.54, 1.807) is 6.20 Å². The summed E-state index contributed by atoms with van der Waals surface area (Å²) in [7, 11) is 2.21. The standard InChI is InChI=1S/C27H33N7O/c1-4-35-21-7-5-19(24-18(2)13-30-25(21)24)14-29-22-15-28-20-6-8-23(32-26(20)31-22)34-11-9-27(10-12-34)16-33(3)17-27/h5-8,13,15,30H,4,9-12,14,16-17H2,1-3H3,(H,29,31,32). The molecule has 2 fully saturated rings. The first-order chi connectivity index (χ1) is 17.0. The molecule has 2 aliphatic heterocycles. The van der Waals surface area contributed by atoms with E-state index in [1.807, 2.05) is 25.3 Å². The molecule has 0 radical (unpaired) electrons. The number of rotatable bonds is 6. The Balaban J connectivity index is 1.19. The highest BCUT2D eigenvalue weighted by Gasteiger charge is 2.43. The fourth-order valence-electron chi connectivity index (χ4n) is 5.86. The van der Waals surface area contributed by atoms with E-state index in [0.717, 1.165) is 41.5 Å². The molecule has 0 amide bonds. The average Bonchev–Trinajstić information content (AvgIpc) is 3.25. The monoisotopic (exact) mass is 471 g/mol. The summed E-state index contributed by atoms with van der Waals surface area (Å²) < 4.78 is 5.80. The number of likely N-dealkylation sites (tertiary alicyclic amines) is 1. The van der Waals surface area contributed by atoms with E-state index in [9.17, 15) is 0 Å². The third kappa shape index (κ3) is 4.05. The molecule has 0 bridgehead atoms. The fourth-order valence-corrected chi connectivity index (χ4v) is 5.86. The van der Waals surface area contributed by atoms with Crippen molar-refractivity contribution < 1.29 is 4.74 Å². The number of pyridine rings is 1. The van der Waals surface area contributed by atoms with Crippen LogP contribution in [0.15, 0.2) is 36.7 Å². The number of aromatic amines is 1. The molecule has 5 heterocycles. The van der Waals surface area contributed by atoms with Gasteiger partial charge in [0.1, 0.15) is 22.9 Å². The van der Waals surface area contributed by atoms with Gasteiger partial charge in [-0.25, -0.2) is 15.0 Å². The van der Waals surface area contributed by atoms with Gasteiger partial charge < -0.3 is 24.8 Å². The van der Waals surface area contributed by atoms with Crippen LogP contribution < -0.4 is 15.0 Å². The van der Waals surface area contributed by atoms with Crippen molar-refractivity contribution in [1.29, 1.82) is 0 Å². The summed E-state index contributed by atoms with van der Waals surface area (Å²) in [4.78, 5) is 22.5. The molecular weight excluding hydrogens is 438 g/mol. The molecule has 0 unspecified atom stereocenters. The molecule has 2 aliphatic rings. The summed E-state index contributed by atoms with van der Waals surface area (Å²) in [6.45, 7) is 9.98. The van der Waals surface area contributed by atoms with Crippen molar-refractivity contribution in [3.05, 3.63) is 47.8 Å². The maximum absolute atomic E-state index is 5.80. The highest BCUT2D eigenvalue weighted by molar-refractivity contribution is 5.91. The zero-order valence-electron chi connectivity index (χ0n) is 20.8. The molecule has 4 aromatic rings. The Kier molecular flexibility index (Phi) is 5.48. The van der Waals surface area contributed by atoms with Gasteiger partial charge in [-0.1, -0.05) is 6.07 Å². The van der Waals surface area contributed by atoms with E-state index < -0.39 is 0 Å². The number of aromatic nitrogens is 4. The molecule has 1 aromatic carbocycles. The highest BCUT2D eigenvalue weighted by Crippen LogP contribution is 2.40. The van der Waals surface area contributed by atoms with Crippen molar-refractivity contribution in [3.63, 3.8) is 0 Å². The van der Waals surface area contributed by atoms with Crippen LogP contribution in [0.25, 0.3) is 22.1 Å². The SMILES string of the molecule is CCOc1ccc(CNc2cnc3ccc(N4CCC5(CC4)CN(C)C5)nc3n2)c2c(C)c[nH]c12. The molecule has 1 spiro atoms. The quantitative estimate of drug-likeness (QED) is 0.432. The van der Waals surface area contributed by atoms with Crippen molar-refractivity contribution in [2.45, 2.75) is 33.2 Å². The summed E-state index contributed by atoms with van der Waals surface area (Å²) in [6, 6.07) is 8.27. The van der Waals surface area contributed by atoms with Crippen molar-refractivity contribution in [2.24, 2.45) is 5.41 Å². The first-order valence-electron chi connectivity index (χ1n) is 12.6. The van der Waals surface area contributed by atoms with Crippen LogP contribution >= 0.6 is 0 Å². The number of anilines is 2. The molecule has 8 heteroatoms. The number of nitrogens with zero attached hydrogens (tertiary/aromatic N) is 5. The Morgan fingerprint density at radius 3 is 2.71 bits per heavy atom. The van der Waals surface area contributed by atoms with Crippen molar-refractivity contribution in [1.82, 2.24) is 24.8 Å². The third-order valence-electron chi connectivity index (χ3n) is 7.59. The Morgan fingerprint density at radius 1 is 1.11 bits per heavy atom. The normalized spacial score (nSPS) is 17.7. The van der Waals surface area contributed by atoms with Gasteiger partial charge in [-0.15, -0.1) is 0 Å². The van der Waals surface area contributed by atoms with Crippen LogP contribution in [0.4, 0.5) is 11.6 Å². The molecule has 35 heavy (non-hydrogen) atoms. The maximum atomic E-state index is 5.80. The first-order valence-corrected chi connectivity index (χ1v) is 12.6. The number of H-pyrrole nitrogens is 1. The number of hydrogen-bond donors (Lipinski definition) is 2. The van der Waals surface area contributed by atoms with Gasteiger partial charge in [0.15, 0.2) is 5.65 Å². The molecule has 3 aromatic heterocycles. The van der Waals surface area contributed by atoms with E-state index >= 15 is 0 Å². The molecule has 0 aliphatic carbocycles. The van der Waals surface area contributed by atoms with Crippen LogP contribution in [0.2, 0.25) is 0 Å². The number of benzene rings is 1. The van der Waals surface area contributed by atoms with Gasteiger partial charge in [-0.2, -0.15) is 0 Å². The number of aryl methyl sites for hydroxylation is 1. The Bertz CT molecular complexity index is 1360. The fraction of sp³-hybridized carbons (Fsp3) is 0.444. The van der Waals surface area contributed by atoms with Gasteiger partial charge in [-0.3, -0.25) is 0 Å². The van der Waals surface area contributed by atoms with Crippen molar-refractivity contribution >= 4 is 33.7 Å². The van der Waals surface area contributed by atoms with E-state index in [1.165, 1.54) is 42.4 Å². The summed E-state index contributed by atoms with van der Waals surface area (Å²) in [6.07, 6.45) is 6.29. The third-order valence-corrected chi connectivity index (χ3v) is 7.59.